The lowest BCUT2D eigenvalue weighted by Gasteiger charge is -1.95. The molecule has 0 atom stereocenters. The molecule has 0 unspecified atom stereocenters. The number of carbonyl (C=O) groups excluding carboxylic acids is 1. The van der Waals surface area contributed by atoms with Crippen LogP contribution in [0.2, 0.25) is 0 Å². The largest absolute Gasteiger partial charge is 0.303 e. The standard InChI is InChI=1S/C12H10OS/c13-8-2-1-4-10-5-3-6-12-11(10)7-9-14-12/h1,3-9H,2H2. The van der Waals surface area contributed by atoms with Crippen molar-refractivity contribution in [3.05, 3.63) is 41.3 Å². The van der Waals surface area contributed by atoms with E-state index in [1.807, 2.05) is 18.2 Å². The van der Waals surface area contributed by atoms with E-state index in [0.717, 1.165) is 6.29 Å². The van der Waals surface area contributed by atoms with Gasteiger partial charge < -0.3 is 4.79 Å². The van der Waals surface area contributed by atoms with Crippen molar-refractivity contribution in [3.63, 3.8) is 0 Å². The predicted molar refractivity (Wildman–Crippen MR) is 61.5 cm³/mol. The van der Waals surface area contributed by atoms with Crippen molar-refractivity contribution >= 4 is 33.8 Å². The van der Waals surface area contributed by atoms with Gasteiger partial charge in [-0.05, 0) is 28.5 Å². The summed E-state index contributed by atoms with van der Waals surface area (Å²) in [6.45, 7) is 0. The minimum absolute atomic E-state index is 0.487. The van der Waals surface area contributed by atoms with Gasteiger partial charge in [0.2, 0.25) is 0 Å². The summed E-state index contributed by atoms with van der Waals surface area (Å²) in [5.41, 5.74) is 1.19. The fourth-order valence-corrected chi connectivity index (χ4v) is 2.23. The first kappa shape index (κ1) is 9.16. The van der Waals surface area contributed by atoms with E-state index in [9.17, 15) is 4.79 Å². The molecule has 1 aromatic carbocycles. The summed E-state index contributed by atoms with van der Waals surface area (Å²) < 4.78 is 1.29. The molecule has 0 fully saturated rings. The highest BCUT2D eigenvalue weighted by Crippen LogP contribution is 2.24. The van der Waals surface area contributed by atoms with Crippen molar-refractivity contribution in [2.75, 3.05) is 0 Å². The molecule has 0 aliphatic heterocycles. The molecule has 1 nitrogen and oxygen atoms in total. The van der Waals surface area contributed by atoms with Gasteiger partial charge in [-0.2, -0.15) is 0 Å². The molecule has 70 valence electrons. The van der Waals surface area contributed by atoms with Gasteiger partial charge in [-0.15, -0.1) is 11.3 Å². The Balaban J connectivity index is 2.41. The van der Waals surface area contributed by atoms with Crippen LogP contribution in [0.1, 0.15) is 12.0 Å². The molecule has 0 bridgehead atoms. The van der Waals surface area contributed by atoms with Gasteiger partial charge in [0.1, 0.15) is 6.29 Å². The van der Waals surface area contributed by atoms with E-state index in [2.05, 4.69) is 23.6 Å². The first-order chi connectivity index (χ1) is 6.92. The van der Waals surface area contributed by atoms with E-state index < -0.39 is 0 Å². The topological polar surface area (TPSA) is 17.1 Å². The molecule has 0 aliphatic carbocycles. The average molecular weight is 202 g/mol. The van der Waals surface area contributed by atoms with Crippen LogP contribution in [0.15, 0.2) is 35.7 Å². The zero-order valence-electron chi connectivity index (χ0n) is 7.64. The summed E-state index contributed by atoms with van der Waals surface area (Å²) >= 11 is 1.74. The Kier molecular flexibility index (Phi) is 2.75. The molecule has 0 N–H and O–H groups in total. The number of thiophene rings is 1. The molecular formula is C12H10OS. The highest BCUT2D eigenvalue weighted by molar-refractivity contribution is 7.17. The van der Waals surface area contributed by atoms with Gasteiger partial charge in [0.05, 0.1) is 0 Å². The summed E-state index contributed by atoms with van der Waals surface area (Å²) in [6.07, 6.45) is 5.29. The van der Waals surface area contributed by atoms with Gasteiger partial charge >= 0.3 is 0 Å². The highest BCUT2D eigenvalue weighted by Gasteiger charge is 1.97. The molecule has 1 aromatic heterocycles. The normalized spacial score (nSPS) is 11.1. The highest BCUT2D eigenvalue weighted by atomic mass is 32.1. The third-order valence-corrected chi connectivity index (χ3v) is 2.94. The third kappa shape index (κ3) is 1.75. The molecule has 2 rings (SSSR count). The van der Waals surface area contributed by atoms with Crippen LogP contribution >= 0.6 is 11.3 Å². The lowest BCUT2D eigenvalue weighted by atomic mass is 10.1. The van der Waals surface area contributed by atoms with Crippen LogP contribution < -0.4 is 0 Å². The number of hydrogen-bond acceptors (Lipinski definition) is 2. The summed E-state index contributed by atoms with van der Waals surface area (Å²) in [4.78, 5) is 10.2. The van der Waals surface area contributed by atoms with E-state index in [1.54, 1.807) is 11.3 Å². The summed E-state index contributed by atoms with van der Waals surface area (Å²) in [5.74, 6) is 0. The second-order valence-corrected chi connectivity index (χ2v) is 3.93. The molecule has 0 amide bonds. The van der Waals surface area contributed by atoms with E-state index >= 15 is 0 Å². The molecule has 0 aliphatic rings. The SMILES string of the molecule is O=CCC=Cc1cccc2sccc12. The van der Waals surface area contributed by atoms with Gasteiger partial charge in [0.25, 0.3) is 0 Å². The van der Waals surface area contributed by atoms with Gasteiger partial charge in [-0.1, -0.05) is 24.3 Å². The van der Waals surface area contributed by atoms with E-state index in [0.29, 0.717) is 6.42 Å². The minimum atomic E-state index is 0.487. The van der Waals surface area contributed by atoms with Crippen molar-refractivity contribution in [1.82, 2.24) is 0 Å². The molecule has 2 heteroatoms. The van der Waals surface area contributed by atoms with Crippen LogP contribution in [-0.4, -0.2) is 6.29 Å². The van der Waals surface area contributed by atoms with Crippen molar-refractivity contribution in [2.45, 2.75) is 6.42 Å². The number of fused-ring (bicyclic) bond motifs is 1. The van der Waals surface area contributed by atoms with Crippen LogP contribution in [0.5, 0.6) is 0 Å². The molecule has 2 aromatic rings. The first-order valence-electron chi connectivity index (χ1n) is 4.48. The van der Waals surface area contributed by atoms with Crippen LogP contribution in [0, 0.1) is 0 Å². The number of carbonyl (C=O) groups is 1. The second kappa shape index (κ2) is 4.20. The molecule has 0 radical (unpaired) electrons. The quantitative estimate of drug-likeness (QED) is 0.696. The number of hydrogen-bond donors (Lipinski definition) is 0. The van der Waals surface area contributed by atoms with Gasteiger partial charge in [0, 0.05) is 11.1 Å². The van der Waals surface area contributed by atoms with Crippen molar-refractivity contribution in [3.8, 4) is 0 Å². The van der Waals surface area contributed by atoms with Crippen LogP contribution in [0.25, 0.3) is 16.2 Å². The minimum Gasteiger partial charge on any atom is -0.303 e. The van der Waals surface area contributed by atoms with Crippen molar-refractivity contribution in [2.24, 2.45) is 0 Å². The van der Waals surface area contributed by atoms with Crippen LogP contribution in [0.3, 0.4) is 0 Å². The van der Waals surface area contributed by atoms with Crippen molar-refractivity contribution in [1.29, 1.82) is 0 Å². The van der Waals surface area contributed by atoms with Gasteiger partial charge in [-0.25, -0.2) is 0 Å². The Labute approximate surface area is 86.7 Å². The van der Waals surface area contributed by atoms with Crippen LogP contribution in [-0.2, 0) is 4.79 Å². The number of benzene rings is 1. The zero-order valence-corrected chi connectivity index (χ0v) is 8.46. The van der Waals surface area contributed by atoms with Crippen molar-refractivity contribution < 1.29 is 4.79 Å². The van der Waals surface area contributed by atoms with Crippen LogP contribution in [0.4, 0.5) is 0 Å². The van der Waals surface area contributed by atoms with E-state index in [-0.39, 0.29) is 0 Å². The average Bonchev–Trinajstić information content (AvgIpc) is 2.67. The fourth-order valence-electron chi connectivity index (χ4n) is 1.41. The fraction of sp³-hybridized carbons (Fsp3) is 0.0833. The molecule has 0 spiro atoms. The smallest absolute Gasteiger partial charge is 0.123 e. The maximum Gasteiger partial charge on any atom is 0.123 e. The Morgan fingerprint density at radius 1 is 1.29 bits per heavy atom. The Hall–Kier alpha value is -1.41. The monoisotopic (exact) mass is 202 g/mol. The first-order valence-corrected chi connectivity index (χ1v) is 5.36. The molecule has 1 heterocycles. The Morgan fingerprint density at radius 2 is 2.21 bits per heavy atom. The number of rotatable bonds is 3. The maximum absolute atomic E-state index is 10.2. The lowest BCUT2D eigenvalue weighted by molar-refractivity contribution is -0.107. The Bertz CT molecular complexity index is 468. The second-order valence-electron chi connectivity index (χ2n) is 2.98. The molecule has 14 heavy (non-hydrogen) atoms. The predicted octanol–water partition coefficient (Wildman–Crippen LogP) is 3.50. The summed E-state index contributed by atoms with van der Waals surface area (Å²) in [6, 6.07) is 8.33. The van der Waals surface area contributed by atoms with Gasteiger partial charge in [0.15, 0.2) is 0 Å². The van der Waals surface area contributed by atoms with Gasteiger partial charge in [-0.3, -0.25) is 0 Å². The number of allylic oxidation sites excluding steroid dienone is 1. The zero-order chi connectivity index (χ0) is 9.80. The summed E-state index contributed by atoms with van der Waals surface area (Å²) in [5, 5.41) is 3.35. The molecule has 0 saturated heterocycles. The third-order valence-electron chi connectivity index (χ3n) is 2.06. The van der Waals surface area contributed by atoms with E-state index in [4.69, 9.17) is 0 Å². The molecular weight excluding hydrogens is 192 g/mol. The maximum atomic E-state index is 10.2. The molecule has 0 saturated carbocycles. The Morgan fingerprint density at radius 3 is 3.07 bits per heavy atom. The lowest BCUT2D eigenvalue weighted by Crippen LogP contribution is -1.73. The van der Waals surface area contributed by atoms with E-state index in [1.165, 1.54) is 15.6 Å². The number of aldehydes is 1. The summed E-state index contributed by atoms with van der Waals surface area (Å²) in [7, 11) is 0.